The number of carboxylic acid groups (broad SMARTS) is 1. The standard InChI is InChI=1S/C24H23FN2O3/c25-20-8-11-22(19-13-26-24(27-14-19)17-6-7-17)18(12-20)15-30-21-9-4-16(5-10-21)2-1-3-23(28)29/h4-5,8-14,17H,1-3,6-7,15H2,(H,28,29). The van der Waals surface area contributed by atoms with Gasteiger partial charge in [-0.15, -0.1) is 0 Å². The van der Waals surface area contributed by atoms with E-state index >= 15 is 0 Å². The molecule has 2 aromatic carbocycles. The van der Waals surface area contributed by atoms with Gasteiger partial charge >= 0.3 is 5.97 Å². The number of hydrogen-bond donors (Lipinski definition) is 1. The van der Waals surface area contributed by atoms with Crippen LogP contribution in [0.2, 0.25) is 0 Å². The fraction of sp³-hybridized carbons (Fsp3) is 0.292. The van der Waals surface area contributed by atoms with Gasteiger partial charge in [-0.3, -0.25) is 4.79 Å². The number of carbonyl (C=O) groups is 1. The number of aliphatic carboxylic acids is 1. The van der Waals surface area contributed by atoms with Crippen LogP contribution in [0.1, 0.15) is 48.6 Å². The van der Waals surface area contributed by atoms with Crippen molar-refractivity contribution in [3.8, 4) is 16.9 Å². The van der Waals surface area contributed by atoms with Crippen LogP contribution in [0.4, 0.5) is 4.39 Å². The van der Waals surface area contributed by atoms with Crippen LogP contribution in [-0.2, 0) is 17.8 Å². The Hall–Kier alpha value is -3.28. The molecule has 0 radical (unpaired) electrons. The molecule has 1 heterocycles. The summed E-state index contributed by atoms with van der Waals surface area (Å²) in [6, 6.07) is 12.2. The lowest BCUT2D eigenvalue weighted by Crippen LogP contribution is -2.00. The number of aryl methyl sites for hydroxylation is 1. The zero-order valence-corrected chi connectivity index (χ0v) is 16.6. The summed E-state index contributed by atoms with van der Waals surface area (Å²) < 4.78 is 19.7. The van der Waals surface area contributed by atoms with E-state index in [1.165, 1.54) is 12.1 Å². The third-order valence-electron chi connectivity index (χ3n) is 5.17. The molecule has 0 aliphatic heterocycles. The van der Waals surface area contributed by atoms with Gasteiger partial charge < -0.3 is 9.84 Å². The molecule has 5 nitrogen and oxygen atoms in total. The summed E-state index contributed by atoms with van der Waals surface area (Å²) in [7, 11) is 0. The number of rotatable bonds is 9. The van der Waals surface area contributed by atoms with Gasteiger partial charge in [0.15, 0.2) is 0 Å². The summed E-state index contributed by atoms with van der Waals surface area (Å²) in [5, 5.41) is 8.72. The van der Waals surface area contributed by atoms with Gasteiger partial charge in [0, 0.05) is 35.9 Å². The van der Waals surface area contributed by atoms with E-state index in [4.69, 9.17) is 9.84 Å². The number of halogens is 1. The third-order valence-corrected chi connectivity index (χ3v) is 5.17. The topological polar surface area (TPSA) is 72.3 Å². The molecule has 154 valence electrons. The third kappa shape index (κ3) is 5.20. The zero-order chi connectivity index (χ0) is 20.9. The molecule has 1 aliphatic rings. The molecule has 0 unspecified atom stereocenters. The SMILES string of the molecule is O=C(O)CCCc1ccc(OCc2cc(F)ccc2-c2cnc(C3CC3)nc2)cc1. The average molecular weight is 406 g/mol. The highest BCUT2D eigenvalue weighted by Crippen LogP contribution is 2.38. The molecule has 0 amide bonds. The Morgan fingerprint density at radius 2 is 1.83 bits per heavy atom. The van der Waals surface area contributed by atoms with Crippen molar-refractivity contribution in [3.05, 3.63) is 77.6 Å². The fourth-order valence-electron chi connectivity index (χ4n) is 3.35. The maximum absolute atomic E-state index is 13.9. The second-order valence-corrected chi connectivity index (χ2v) is 7.59. The van der Waals surface area contributed by atoms with E-state index in [-0.39, 0.29) is 18.8 Å². The maximum Gasteiger partial charge on any atom is 0.303 e. The zero-order valence-electron chi connectivity index (χ0n) is 16.6. The maximum atomic E-state index is 13.9. The van der Waals surface area contributed by atoms with Crippen molar-refractivity contribution in [1.82, 2.24) is 9.97 Å². The lowest BCUT2D eigenvalue weighted by atomic mass is 10.0. The molecule has 1 N–H and O–H groups in total. The van der Waals surface area contributed by atoms with Crippen LogP contribution in [0.25, 0.3) is 11.1 Å². The summed E-state index contributed by atoms with van der Waals surface area (Å²) >= 11 is 0. The second-order valence-electron chi connectivity index (χ2n) is 7.59. The summed E-state index contributed by atoms with van der Waals surface area (Å²) in [5.41, 5.74) is 3.47. The predicted molar refractivity (Wildman–Crippen MR) is 111 cm³/mol. The van der Waals surface area contributed by atoms with Crippen molar-refractivity contribution in [1.29, 1.82) is 0 Å². The van der Waals surface area contributed by atoms with E-state index in [9.17, 15) is 9.18 Å². The van der Waals surface area contributed by atoms with Gasteiger partial charge in [0.25, 0.3) is 0 Å². The molecule has 0 spiro atoms. The molecule has 1 fully saturated rings. The fourth-order valence-corrected chi connectivity index (χ4v) is 3.35. The Balaban J connectivity index is 1.42. The Labute approximate surface area is 174 Å². The molecular weight excluding hydrogens is 383 g/mol. The van der Waals surface area contributed by atoms with Crippen LogP contribution < -0.4 is 4.74 Å². The van der Waals surface area contributed by atoms with E-state index < -0.39 is 5.97 Å². The van der Waals surface area contributed by atoms with Gasteiger partial charge in [-0.05, 0) is 61.1 Å². The van der Waals surface area contributed by atoms with Gasteiger partial charge in [-0.1, -0.05) is 18.2 Å². The van der Waals surface area contributed by atoms with Crippen molar-refractivity contribution in [2.24, 2.45) is 0 Å². The summed E-state index contributed by atoms with van der Waals surface area (Å²) in [5.74, 6) is 0.937. The number of hydrogen-bond acceptors (Lipinski definition) is 4. The molecule has 1 aliphatic carbocycles. The number of nitrogens with zero attached hydrogens (tertiary/aromatic N) is 2. The Bertz CT molecular complexity index is 1020. The van der Waals surface area contributed by atoms with Crippen molar-refractivity contribution in [2.75, 3.05) is 0 Å². The summed E-state index contributed by atoms with van der Waals surface area (Å²) in [4.78, 5) is 19.5. The van der Waals surface area contributed by atoms with Gasteiger partial charge in [-0.25, -0.2) is 14.4 Å². The molecular formula is C24H23FN2O3. The van der Waals surface area contributed by atoms with E-state index in [0.717, 1.165) is 40.9 Å². The van der Waals surface area contributed by atoms with E-state index in [2.05, 4.69) is 9.97 Å². The Kier molecular flexibility index (Phi) is 6.02. The van der Waals surface area contributed by atoms with E-state index in [1.54, 1.807) is 18.5 Å². The smallest absolute Gasteiger partial charge is 0.303 e. The van der Waals surface area contributed by atoms with Gasteiger partial charge in [-0.2, -0.15) is 0 Å². The molecule has 1 aromatic heterocycles. The molecule has 4 rings (SSSR count). The molecule has 30 heavy (non-hydrogen) atoms. The molecule has 0 saturated heterocycles. The van der Waals surface area contributed by atoms with Crippen molar-refractivity contribution in [2.45, 2.75) is 44.6 Å². The largest absolute Gasteiger partial charge is 0.489 e. The van der Waals surface area contributed by atoms with Crippen molar-refractivity contribution < 1.29 is 19.0 Å². The van der Waals surface area contributed by atoms with Crippen LogP contribution in [0, 0.1) is 5.82 Å². The first-order valence-electron chi connectivity index (χ1n) is 10.1. The van der Waals surface area contributed by atoms with Crippen molar-refractivity contribution >= 4 is 5.97 Å². The average Bonchev–Trinajstić information content (AvgIpc) is 3.59. The van der Waals surface area contributed by atoms with Gasteiger partial charge in [0.1, 0.15) is 24.0 Å². The highest BCUT2D eigenvalue weighted by atomic mass is 19.1. The second kappa shape index (κ2) is 9.03. The Morgan fingerprint density at radius 1 is 1.10 bits per heavy atom. The van der Waals surface area contributed by atoms with Crippen LogP contribution in [0.15, 0.2) is 54.9 Å². The predicted octanol–water partition coefficient (Wildman–Crippen LogP) is 5.15. The van der Waals surface area contributed by atoms with Gasteiger partial charge in [0.2, 0.25) is 0 Å². The number of carboxylic acids is 1. The molecule has 3 aromatic rings. The molecule has 1 saturated carbocycles. The van der Waals surface area contributed by atoms with Crippen LogP contribution in [0.3, 0.4) is 0 Å². The van der Waals surface area contributed by atoms with Crippen molar-refractivity contribution in [3.63, 3.8) is 0 Å². The number of ether oxygens (including phenoxy) is 1. The Morgan fingerprint density at radius 3 is 2.50 bits per heavy atom. The van der Waals surface area contributed by atoms with Gasteiger partial charge in [0.05, 0.1) is 0 Å². The first-order valence-corrected chi connectivity index (χ1v) is 10.1. The monoisotopic (exact) mass is 406 g/mol. The first kappa shape index (κ1) is 20.0. The van der Waals surface area contributed by atoms with Crippen LogP contribution >= 0.6 is 0 Å². The van der Waals surface area contributed by atoms with E-state index in [1.807, 2.05) is 24.3 Å². The normalized spacial score (nSPS) is 13.2. The molecule has 6 heteroatoms. The highest BCUT2D eigenvalue weighted by molar-refractivity contribution is 5.66. The van der Waals surface area contributed by atoms with Crippen LogP contribution in [0.5, 0.6) is 5.75 Å². The minimum absolute atomic E-state index is 0.159. The van der Waals surface area contributed by atoms with E-state index in [0.29, 0.717) is 24.5 Å². The van der Waals surface area contributed by atoms with Crippen LogP contribution in [-0.4, -0.2) is 21.0 Å². The number of aromatic nitrogens is 2. The highest BCUT2D eigenvalue weighted by Gasteiger charge is 2.26. The lowest BCUT2D eigenvalue weighted by Gasteiger charge is -2.12. The minimum Gasteiger partial charge on any atom is -0.489 e. The minimum atomic E-state index is -0.784. The quantitative estimate of drug-likeness (QED) is 0.532. The molecule has 0 atom stereocenters. The first-order chi connectivity index (χ1) is 14.6. The molecule has 0 bridgehead atoms. The number of benzene rings is 2. The lowest BCUT2D eigenvalue weighted by molar-refractivity contribution is -0.137. The summed E-state index contributed by atoms with van der Waals surface area (Å²) in [6.07, 6.45) is 7.35. The summed E-state index contributed by atoms with van der Waals surface area (Å²) in [6.45, 7) is 0.218.